The van der Waals surface area contributed by atoms with Crippen molar-refractivity contribution < 1.29 is 14.3 Å². The highest BCUT2D eigenvalue weighted by Gasteiger charge is 2.17. The summed E-state index contributed by atoms with van der Waals surface area (Å²) in [4.78, 5) is 12.2. The van der Waals surface area contributed by atoms with Crippen molar-refractivity contribution in [3.63, 3.8) is 0 Å². The number of carbonyl (C=O) groups is 1. The topological polar surface area (TPSA) is 47.6 Å². The molecule has 1 amide bonds. The second kappa shape index (κ2) is 7.71. The van der Waals surface area contributed by atoms with Gasteiger partial charge in [0.1, 0.15) is 11.5 Å². The monoisotopic (exact) mass is 391 g/mol. The molecule has 24 heavy (non-hydrogen) atoms. The van der Waals surface area contributed by atoms with Crippen molar-refractivity contribution in [2.45, 2.75) is 26.2 Å². The Bertz CT molecular complexity index is 723. The van der Waals surface area contributed by atoms with Crippen LogP contribution in [-0.2, 0) is 10.2 Å². The summed E-state index contributed by atoms with van der Waals surface area (Å²) in [6.45, 7) is 6.29. The van der Waals surface area contributed by atoms with Crippen LogP contribution in [-0.4, -0.2) is 19.6 Å². The van der Waals surface area contributed by atoms with Crippen LogP contribution in [0.1, 0.15) is 26.3 Å². The largest absolute Gasteiger partial charge is 0.495 e. The summed E-state index contributed by atoms with van der Waals surface area (Å²) in [7, 11) is 1.58. The van der Waals surface area contributed by atoms with Crippen LogP contribution >= 0.6 is 15.9 Å². The molecule has 4 nitrogen and oxygen atoms in total. The molecule has 0 unspecified atom stereocenters. The molecule has 0 heterocycles. The van der Waals surface area contributed by atoms with Crippen molar-refractivity contribution in [1.29, 1.82) is 0 Å². The number of rotatable bonds is 5. The molecule has 0 aromatic heterocycles. The number of hydrogen-bond acceptors (Lipinski definition) is 3. The van der Waals surface area contributed by atoms with E-state index >= 15 is 0 Å². The number of nitrogens with one attached hydrogen (secondary N) is 1. The van der Waals surface area contributed by atoms with Gasteiger partial charge in [-0.25, -0.2) is 0 Å². The Hall–Kier alpha value is -2.01. The fraction of sp³-hybridized carbons (Fsp3) is 0.316. The first-order chi connectivity index (χ1) is 11.3. The third kappa shape index (κ3) is 4.74. The van der Waals surface area contributed by atoms with Gasteiger partial charge in [-0.2, -0.15) is 0 Å². The van der Waals surface area contributed by atoms with Crippen molar-refractivity contribution in [3.05, 3.63) is 52.5 Å². The fourth-order valence-corrected chi connectivity index (χ4v) is 2.56. The van der Waals surface area contributed by atoms with E-state index in [0.717, 1.165) is 10.0 Å². The summed E-state index contributed by atoms with van der Waals surface area (Å²) in [5, 5.41) is 2.86. The number of benzene rings is 2. The lowest BCUT2D eigenvalue weighted by Gasteiger charge is -2.21. The lowest BCUT2D eigenvalue weighted by atomic mass is 9.87. The summed E-state index contributed by atoms with van der Waals surface area (Å²) >= 11 is 3.39. The van der Waals surface area contributed by atoms with Gasteiger partial charge in [0.25, 0.3) is 5.91 Å². The molecule has 1 N–H and O–H groups in total. The van der Waals surface area contributed by atoms with Gasteiger partial charge in [-0.05, 0) is 51.2 Å². The van der Waals surface area contributed by atoms with E-state index < -0.39 is 0 Å². The zero-order valence-electron chi connectivity index (χ0n) is 14.4. The van der Waals surface area contributed by atoms with Gasteiger partial charge in [-0.15, -0.1) is 0 Å². The van der Waals surface area contributed by atoms with Crippen LogP contribution in [0.3, 0.4) is 0 Å². The third-order valence-corrected chi connectivity index (χ3v) is 4.19. The molecule has 128 valence electrons. The lowest BCUT2D eigenvalue weighted by Crippen LogP contribution is -2.21. The van der Waals surface area contributed by atoms with Crippen LogP contribution in [0.15, 0.2) is 46.9 Å². The molecule has 5 heteroatoms. The molecule has 2 aromatic carbocycles. The van der Waals surface area contributed by atoms with Gasteiger partial charge in [-0.1, -0.05) is 39.0 Å². The van der Waals surface area contributed by atoms with Crippen LogP contribution in [0.25, 0.3) is 0 Å². The summed E-state index contributed by atoms with van der Waals surface area (Å²) in [6, 6.07) is 13.2. The molecule has 0 radical (unpaired) electrons. The Morgan fingerprint density at radius 2 is 1.83 bits per heavy atom. The first kappa shape index (κ1) is 18.3. The van der Waals surface area contributed by atoms with Crippen molar-refractivity contribution in [1.82, 2.24) is 0 Å². The number of halogens is 1. The maximum atomic E-state index is 12.2. The van der Waals surface area contributed by atoms with Crippen molar-refractivity contribution in [2.75, 3.05) is 19.0 Å². The number of hydrogen-bond donors (Lipinski definition) is 1. The van der Waals surface area contributed by atoms with Gasteiger partial charge in [-0.3, -0.25) is 4.79 Å². The highest BCUT2D eigenvalue weighted by atomic mass is 79.9. The fourth-order valence-electron chi connectivity index (χ4n) is 2.16. The highest BCUT2D eigenvalue weighted by Crippen LogP contribution is 2.31. The summed E-state index contributed by atoms with van der Waals surface area (Å²) in [6.07, 6.45) is 0. The Kier molecular flexibility index (Phi) is 5.89. The maximum absolute atomic E-state index is 12.2. The Morgan fingerprint density at radius 1 is 1.12 bits per heavy atom. The quantitative estimate of drug-likeness (QED) is 0.797. The van der Waals surface area contributed by atoms with E-state index in [1.807, 2.05) is 36.4 Å². The molecule has 0 aliphatic rings. The van der Waals surface area contributed by atoms with Crippen molar-refractivity contribution in [3.8, 4) is 11.5 Å². The minimum absolute atomic E-state index is 0.0167. The molecule has 0 aliphatic carbocycles. The van der Waals surface area contributed by atoms with E-state index in [9.17, 15) is 4.79 Å². The van der Waals surface area contributed by atoms with Gasteiger partial charge >= 0.3 is 0 Å². The number of anilines is 1. The molecule has 0 bridgehead atoms. The zero-order chi connectivity index (χ0) is 17.7. The van der Waals surface area contributed by atoms with Crippen LogP contribution in [0.2, 0.25) is 0 Å². The summed E-state index contributed by atoms with van der Waals surface area (Å²) in [5.41, 5.74) is 1.74. The number of methoxy groups -OCH3 is 1. The normalized spacial score (nSPS) is 11.0. The molecular weight excluding hydrogens is 370 g/mol. The predicted octanol–water partition coefficient (Wildman–Crippen LogP) is 4.77. The molecule has 2 rings (SSSR count). The van der Waals surface area contributed by atoms with Gasteiger partial charge in [0.05, 0.1) is 17.3 Å². The van der Waals surface area contributed by atoms with E-state index in [1.165, 1.54) is 0 Å². The molecule has 0 saturated heterocycles. The van der Waals surface area contributed by atoms with E-state index in [1.54, 1.807) is 13.2 Å². The molecule has 0 saturated carbocycles. The van der Waals surface area contributed by atoms with Crippen LogP contribution < -0.4 is 14.8 Å². The van der Waals surface area contributed by atoms with E-state index in [-0.39, 0.29) is 17.9 Å². The summed E-state index contributed by atoms with van der Waals surface area (Å²) in [5.74, 6) is 1.01. The first-order valence-corrected chi connectivity index (χ1v) is 8.46. The third-order valence-electron chi connectivity index (χ3n) is 3.54. The van der Waals surface area contributed by atoms with E-state index in [0.29, 0.717) is 17.2 Å². The Morgan fingerprint density at radius 3 is 2.46 bits per heavy atom. The van der Waals surface area contributed by atoms with E-state index in [4.69, 9.17) is 9.47 Å². The minimum Gasteiger partial charge on any atom is -0.495 e. The zero-order valence-corrected chi connectivity index (χ0v) is 15.9. The SMILES string of the molecule is COc1ccc(C(C)(C)C)cc1NC(=O)COc1ccccc1Br. The van der Waals surface area contributed by atoms with Crippen LogP contribution in [0, 0.1) is 0 Å². The Balaban J connectivity index is 2.09. The van der Waals surface area contributed by atoms with Crippen LogP contribution in [0.5, 0.6) is 11.5 Å². The average Bonchev–Trinajstić information content (AvgIpc) is 2.53. The molecular formula is C19H22BrNO3. The van der Waals surface area contributed by atoms with Gasteiger partial charge in [0, 0.05) is 0 Å². The number of carbonyl (C=O) groups excluding carboxylic acids is 1. The number of amides is 1. The first-order valence-electron chi connectivity index (χ1n) is 7.67. The maximum Gasteiger partial charge on any atom is 0.262 e. The number of ether oxygens (including phenoxy) is 2. The standard InChI is InChI=1S/C19H22BrNO3/c1-19(2,3)13-9-10-17(23-4)15(11-13)21-18(22)12-24-16-8-6-5-7-14(16)20/h5-11H,12H2,1-4H3,(H,21,22). The van der Waals surface area contributed by atoms with Gasteiger partial charge in [0.2, 0.25) is 0 Å². The molecule has 2 aromatic rings. The number of para-hydroxylation sites is 1. The van der Waals surface area contributed by atoms with Gasteiger partial charge in [0.15, 0.2) is 6.61 Å². The van der Waals surface area contributed by atoms with Crippen LogP contribution in [0.4, 0.5) is 5.69 Å². The Labute approximate surface area is 151 Å². The van der Waals surface area contributed by atoms with Crippen molar-refractivity contribution >= 4 is 27.5 Å². The second-order valence-corrected chi connectivity index (χ2v) is 7.29. The van der Waals surface area contributed by atoms with Crippen molar-refractivity contribution in [2.24, 2.45) is 0 Å². The van der Waals surface area contributed by atoms with E-state index in [2.05, 4.69) is 42.0 Å². The highest BCUT2D eigenvalue weighted by molar-refractivity contribution is 9.10. The average molecular weight is 392 g/mol. The van der Waals surface area contributed by atoms with Gasteiger partial charge < -0.3 is 14.8 Å². The summed E-state index contributed by atoms with van der Waals surface area (Å²) < 4.78 is 11.7. The molecule has 0 fully saturated rings. The molecule has 0 atom stereocenters. The smallest absolute Gasteiger partial charge is 0.262 e. The minimum atomic E-state index is -0.241. The predicted molar refractivity (Wildman–Crippen MR) is 100.0 cm³/mol. The molecule has 0 aliphatic heterocycles. The lowest BCUT2D eigenvalue weighted by molar-refractivity contribution is -0.118. The second-order valence-electron chi connectivity index (χ2n) is 6.43. The molecule has 0 spiro atoms.